The Labute approximate surface area is 455 Å². The average molecular weight is 1100 g/mol. The average Bonchev–Trinajstić information content (AvgIpc) is 3.26. The van der Waals surface area contributed by atoms with Gasteiger partial charge in [-0.25, -0.2) is 24.6 Å². The predicted octanol–water partition coefficient (Wildman–Crippen LogP) is 3.45. The smallest absolute Gasteiger partial charge is 0.404 e. The number of aldehydes is 2. The topological polar surface area (TPSA) is 426 Å². The summed E-state index contributed by atoms with van der Waals surface area (Å²) in [5, 5.41) is 63.2. The standard InChI is InChI=1S/C8H15NO3.2C8H13NO3.C6H9NO2.C4H7NO.2C4H6O2.C3H7.C2H4O.CHNO.4CH4/c3*1-5(2)8(12)9-7(4-10)6(3)11;1-5(2)6(9)7-3-4-8;1-3(2)4(5)6;2*1-4(6)2-3-5;1-3-2;1-2-3;2-1-3;;;;/h5,7,10H,4H2,1-3H3,(H,9,12);2*7,10H,4H2,1-3H3;3-4,9H,1-2H3;1-2H3,(H-,5,6);2*2-3,5H,1H3;1,3H2,2H3;2H,1H3;2H;4*1H4/q;;;;;;;+1;;;;;;/p+4/b;;;;;3-2-;;;;;;;;. The van der Waals surface area contributed by atoms with Crippen molar-refractivity contribution in [3.8, 4) is 0 Å². The first-order chi connectivity index (χ1) is 33.1. The van der Waals surface area contributed by atoms with Gasteiger partial charge in [0.2, 0.25) is 24.5 Å². The van der Waals surface area contributed by atoms with Crippen molar-refractivity contribution >= 4 is 77.4 Å². The molecule has 24 nitrogen and oxygen atoms in total. The van der Waals surface area contributed by atoms with E-state index in [1.165, 1.54) is 41.5 Å². The number of Topliss-reactive ketones (excluding diaryl/α,β-unsaturated/α-hetero) is 3. The molecule has 4 amide bonds. The summed E-state index contributed by atoms with van der Waals surface area (Å²) in [6.45, 7) is 29.5. The third kappa shape index (κ3) is 104. The van der Waals surface area contributed by atoms with Crippen LogP contribution in [0.5, 0.6) is 0 Å². The van der Waals surface area contributed by atoms with Crippen molar-refractivity contribution < 1.29 is 93.2 Å². The molecular formula is C52H101N6O18+5. The third-order valence-electron chi connectivity index (χ3n) is 6.25. The summed E-state index contributed by atoms with van der Waals surface area (Å²) in [4.78, 5) is 124. The highest BCUT2D eigenvalue weighted by Gasteiger charge is 2.25. The second-order valence-electron chi connectivity index (χ2n) is 14.5. The first-order valence-electron chi connectivity index (χ1n) is 21.3. The van der Waals surface area contributed by atoms with E-state index in [-0.39, 0.29) is 114 Å². The van der Waals surface area contributed by atoms with E-state index >= 15 is 0 Å². The number of hydrogen-bond acceptors (Lipinski definition) is 19. The number of nitrogens with two attached hydrogens (primary N) is 1. The number of aliphatic hydroxyl groups is 6. The Morgan fingerprint density at radius 3 is 1.00 bits per heavy atom. The monoisotopic (exact) mass is 1100 g/mol. The Kier molecular flexibility index (Phi) is 106. The number of carbonyl (C=O) groups is 11. The zero-order valence-corrected chi connectivity index (χ0v) is 45.0. The summed E-state index contributed by atoms with van der Waals surface area (Å²) >= 11 is 0. The molecule has 0 saturated heterocycles. The van der Waals surface area contributed by atoms with Crippen molar-refractivity contribution in [2.24, 2.45) is 11.7 Å². The molecule has 24 heteroatoms. The van der Waals surface area contributed by atoms with Crippen LogP contribution in [0.2, 0.25) is 0 Å². The zero-order chi connectivity index (χ0) is 59.7. The second kappa shape index (κ2) is 76.5. The molecule has 3 atom stereocenters. The lowest BCUT2D eigenvalue weighted by Gasteiger charge is -2.14. The minimum absolute atomic E-state index is 0. The van der Waals surface area contributed by atoms with Gasteiger partial charge in [0.05, 0.1) is 87.2 Å². The Balaban J connectivity index is -0.0000000481. The fraction of sp³-hybridized carbons (Fsp3) is 0.558. The number of isocyanates is 1. The summed E-state index contributed by atoms with van der Waals surface area (Å²) in [5.74, 6) is -0.506. The lowest BCUT2D eigenvalue weighted by Crippen LogP contribution is -2.67. The van der Waals surface area contributed by atoms with Gasteiger partial charge in [-0.1, -0.05) is 43.6 Å². The van der Waals surface area contributed by atoms with Gasteiger partial charge < -0.3 is 57.1 Å². The summed E-state index contributed by atoms with van der Waals surface area (Å²) in [7, 11) is 0. The molecule has 0 aliphatic carbocycles. The first-order valence-corrected chi connectivity index (χ1v) is 21.3. The lowest BCUT2D eigenvalue weighted by atomic mass is 10.1. The Morgan fingerprint density at radius 2 is 0.882 bits per heavy atom. The van der Waals surface area contributed by atoms with Crippen LogP contribution in [0.3, 0.4) is 0 Å². The predicted molar refractivity (Wildman–Crippen MR) is 299 cm³/mol. The van der Waals surface area contributed by atoms with E-state index in [1.54, 1.807) is 69.2 Å². The number of primary amides is 1. The molecule has 0 aromatic rings. The van der Waals surface area contributed by atoms with E-state index in [9.17, 15) is 47.9 Å². The van der Waals surface area contributed by atoms with Crippen molar-refractivity contribution in [1.82, 2.24) is 16.0 Å². The molecule has 0 spiro atoms. The van der Waals surface area contributed by atoms with Crippen LogP contribution in [0, 0.1) is 36.0 Å². The molecule has 76 heavy (non-hydrogen) atoms. The molecule has 0 aromatic heterocycles. The van der Waals surface area contributed by atoms with Crippen LogP contribution < -0.4 is 26.7 Å². The summed E-state index contributed by atoms with van der Waals surface area (Å²) in [6, 6.07) is -2.29. The van der Waals surface area contributed by atoms with Gasteiger partial charge >= 0.3 is 23.6 Å². The van der Waals surface area contributed by atoms with Crippen molar-refractivity contribution in [2.75, 3.05) is 19.8 Å². The summed E-state index contributed by atoms with van der Waals surface area (Å²) < 4.78 is 0. The highest BCUT2D eigenvalue weighted by Crippen LogP contribution is 1.97. The summed E-state index contributed by atoms with van der Waals surface area (Å²) in [6.07, 6.45) is 7.81. The first kappa shape index (κ1) is 105. The molecule has 3 unspecified atom stereocenters. The molecule has 0 saturated carbocycles. The quantitative estimate of drug-likeness (QED) is 0.0248. The molecule has 0 bridgehead atoms. The number of nitrogens with one attached hydrogen (secondary N) is 5. The second-order valence-corrected chi connectivity index (χ2v) is 14.5. The van der Waals surface area contributed by atoms with E-state index in [4.69, 9.17) is 51.4 Å². The minimum atomic E-state index is -0.771. The molecule has 0 heterocycles. The molecule has 0 aliphatic rings. The molecular weight excluding hydrogens is 997 g/mol. The fourth-order valence-electron chi connectivity index (χ4n) is 2.24. The number of rotatable bonds is 17. The van der Waals surface area contributed by atoms with Gasteiger partial charge in [-0.05, 0) is 62.3 Å². The fourth-order valence-corrected chi connectivity index (χ4v) is 2.24. The van der Waals surface area contributed by atoms with Crippen molar-refractivity contribution in [2.45, 2.75) is 172 Å². The van der Waals surface area contributed by atoms with E-state index in [0.29, 0.717) is 24.0 Å². The molecule has 0 aliphatic heterocycles. The Bertz CT molecular complexity index is 1550. The van der Waals surface area contributed by atoms with E-state index in [2.05, 4.69) is 27.9 Å². The molecule has 442 valence electrons. The maximum atomic E-state index is 11.0. The van der Waals surface area contributed by atoms with Crippen LogP contribution in [0.1, 0.15) is 154 Å². The maximum Gasteiger partial charge on any atom is 0.404 e. The van der Waals surface area contributed by atoms with Crippen LogP contribution in [-0.4, -0.2) is 146 Å². The third-order valence-corrected chi connectivity index (χ3v) is 6.25. The van der Waals surface area contributed by atoms with E-state index in [1.807, 2.05) is 6.92 Å². The van der Waals surface area contributed by atoms with Crippen molar-refractivity contribution in [3.63, 3.8) is 0 Å². The number of hydrogen-bond donors (Lipinski definition) is 12. The number of aliphatic hydroxyl groups excluding tert-OH is 6. The molecule has 0 radical (unpaired) electrons. The number of carbonyl (C=O) groups excluding carboxylic acids is 12. The Morgan fingerprint density at radius 1 is 0.645 bits per heavy atom. The van der Waals surface area contributed by atoms with Gasteiger partial charge in [0, 0.05) is 23.6 Å². The van der Waals surface area contributed by atoms with Crippen LogP contribution in [0.25, 0.3) is 0 Å². The van der Waals surface area contributed by atoms with Crippen LogP contribution >= 0.6 is 0 Å². The molecule has 0 rings (SSSR count). The molecule has 0 aromatic carbocycles. The number of allylic oxidation sites excluding steroid dienone is 3. The van der Waals surface area contributed by atoms with E-state index in [0.717, 1.165) is 55.3 Å². The van der Waals surface area contributed by atoms with Crippen LogP contribution in [0.4, 0.5) is 0 Å². The number of ketones is 5. The maximum absolute atomic E-state index is 11.0. The van der Waals surface area contributed by atoms with E-state index < -0.39 is 18.1 Å². The van der Waals surface area contributed by atoms with Gasteiger partial charge in [0.1, 0.15) is 24.4 Å². The normalized spacial score (nSPS) is 9.54. The summed E-state index contributed by atoms with van der Waals surface area (Å²) in [5.41, 5.74) is 5.50. The van der Waals surface area contributed by atoms with Crippen molar-refractivity contribution in [3.05, 3.63) is 60.8 Å². The van der Waals surface area contributed by atoms with Gasteiger partial charge in [-0.3, -0.25) is 33.6 Å². The van der Waals surface area contributed by atoms with Gasteiger partial charge in [0.15, 0.2) is 46.7 Å². The van der Waals surface area contributed by atoms with Gasteiger partial charge in [0.25, 0.3) is 0 Å². The number of amides is 4. The SMILES string of the molecule is C.C.C.C.CC(=O)/C=C\O.CC(=O)C(CO)NC(=O)C(C)C.CC(=O)C(CO)NC(=O)[C+](C)C.CC(=O)C(CO)NC(=O)[C+](C)C.CC(=O)C=CO.CC(C)=C(O)[NH+]=CC=O.CC=O.C[C+](C)C(N)=O.N=C=O.[CH2+]CC. The highest BCUT2D eigenvalue weighted by atomic mass is 16.3. The Hall–Kier alpha value is -7.40. The van der Waals surface area contributed by atoms with Gasteiger partial charge in [-0.15, -0.1) is 0 Å². The zero-order valence-electron chi connectivity index (χ0n) is 45.0. The minimum Gasteiger partial charge on any atom is -0.515 e. The lowest BCUT2D eigenvalue weighted by molar-refractivity contribution is -0.430. The van der Waals surface area contributed by atoms with Gasteiger partial charge in [-0.2, -0.15) is 4.99 Å². The highest BCUT2D eigenvalue weighted by molar-refractivity contribution is 6.09. The largest absolute Gasteiger partial charge is 0.515 e. The molecule has 0 fully saturated rings. The van der Waals surface area contributed by atoms with Crippen LogP contribution in [-0.2, 0) is 57.5 Å². The molecule has 13 N–H and O–H groups in total. The van der Waals surface area contributed by atoms with Crippen LogP contribution in [0.15, 0.2) is 36.1 Å². The van der Waals surface area contributed by atoms with Crippen molar-refractivity contribution in [1.29, 1.82) is 5.41 Å².